The average molecular weight is 373 g/mol. The van der Waals surface area contributed by atoms with Gasteiger partial charge in [-0.2, -0.15) is 0 Å². The van der Waals surface area contributed by atoms with Gasteiger partial charge in [0, 0.05) is 18.4 Å². The molecule has 0 bridgehead atoms. The van der Waals surface area contributed by atoms with Crippen LogP contribution >= 0.6 is 0 Å². The first-order chi connectivity index (χ1) is 12.9. The van der Waals surface area contributed by atoms with Crippen LogP contribution in [0.3, 0.4) is 0 Å². The van der Waals surface area contributed by atoms with Crippen LogP contribution < -0.4 is 20.1 Å². The zero-order chi connectivity index (χ0) is 20.0. The van der Waals surface area contributed by atoms with Gasteiger partial charge in [0.2, 0.25) is 5.91 Å². The second-order valence-electron chi connectivity index (χ2n) is 5.78. The Bertz CT molecular complexity index is 851. The number of hydrogen-bond donors (Lipinski definition) is 2. The number of nitrogens with one attached hydrogen (secondary N) is 2. The van der Waals surface area contributed by atoms with Crippen molar-refractivity contribution in [2.24, 2.45) is 0 Å². The number of ether oxygens (including phenoxy) is 3. The van der Waals surface area contributed by atoms with Gasteiger partial charge < -0.3 is 24.8 Å². The van der Waals surface area contributed by atoms with Crippen LogP contribution in [0.5, 0.6) is 11.5 Å². The first kappa shape index (κ1) is 20.2. The third-order valence-corrected chi connectivity index (χ3v) is 3.76. The van der Waals surface area contributed by atoms with Crippen molar-refractivity contribution in [1.29, 1.82) is 0 Å². The summed E-state index contributed by atoms with van der Waals surface area (Å²) in [5, 5.41) is 5.47. The smallest absolute Gasteiger partial charge is 0.255 e. The number of rotatable bonds is 7. The summed E-state index contributed by atoms with van der Waals surface area (Å²) in [5.41, 5.74) is 2.77. The second-order valence-corrected chi connectivity index (χ2v) is 5.78. The number of aryl methyl sites for hydroxylation is 2. The van der Waals surface area contributed by atoms with Crippen LogP contribution in [0.2, 0.25) is 0 Å². The Hall–Kier alpha value is -3.13. The summed E-state index contributed by atoms with van der Waals surface area (Å²) in [6.45, 7) is 3.56. The third-order valence-electron chi connectivity index (χ3n) is 3.76. The maximum absolute atomic E-state index is 12.7. The van der Waals surface area contributed by atoms with Crippen molar-refractivity contribution >= 4 is 23.2 Å². The van der Waals surface area contributed by atoms with Crippen LogP contribution in [0, 0.1) is 13.8 Å². The number of methoxy groups -OCH3 is 3. The molecule has 0 aliphatic heterocycles. The van der Waals surface area contributed by atoms with Crippen molar-refractivity contribution < 1.29 is 23.8 Å². The Morgan fingerprint density at radius 3 is 2.33 bits per heavy atom. The molecule has 27 heavy (non-hydrogen) atoms. The Morgan fingerprint density at radius 2 is 1.74 bits per heavy atom. The van der Waals surface area contributed by atoms with Crippen molar-refractivity contribution in [3.8, 4) is 11.5 Å². The summed E-state index contributed by atoms with van der Waals surface area (Å²) in [6, 6.07) is 6.66. The van der Waals surface area contributed by atoms with Gasteiger partial charge in [0.1, 0.15) is 6.61 Å². The SMILES string of the molecule is COCC(=O)Nc1cc(C(=O)Nc2ccc(C)nc2C)cc(OC)c1OC. The topological polar surface area (TPSA) is 98.8 Å². The van der Waals surface area contributed by atoms with Crippen molar-refractivity contribution in [3.05, 3.63) is 41.2 Å². The van der Waals surface area contributed by atoms with E-state index >= 15 is 0 Å². The van der Waals surface area contributed by atoms with Crippen LogP contribution in [-0.4, -0.2) is 44.7 Å². The predicted molar refractivity (Wildman–Crippen MR) is 102 cm³/mol. The molecule has 1 aromatic carbocycles. The molecular formula is C19H23N3O5. The fraction of sp³-hybridized carbons (Fsp3) is 0.316. The van der Waals surface area contributed by atoms with E-state index in [1.807, 2.05) is 19.9 Å². The highest BCUT2D eigenvalue weighted by molar-refractivity contribution is 6.06. The van der Waals surface area contributed by atoms with E-state index in [1.54, 1.807) is 6.07 Å². The summed E-state index contributed by atoms with van der Waals surface area (Å²) in [5.74, 6) is -0.121. The molecule has 8 nitrogen and oxygen atoms in total. The highest BCUT2D eigenvalue weighted by Gasteiger charge is 2.18. The standard InChI is InChI=1S/C19H23N3O5/c1-11-6-7-14(12(2)20-11)22-19(24)13-8-15(21-17(23)10-25-3)18(27-5)16(9-13)26-4/h6-9H,10H2,1-5H3,(H,21,23)(H,22,24). The maximum Gasteiger partial charge on any atom is 0.255 e. The zero-order valence-electron chi connectivity index (χ0n) is 16.0. The number of aromatic nitrogens is 1. The molecule has 2 amide bonds. The molecule has 1 aromatic heterocycles. The molecule has 0 fully saturated rings. The van der Waals surface area contributed by atoms with E-state index in [0.29, 0.717) is 34.1 Å². The number of pyridine rings is 1. The molecule has 0 unspecified atom stereocenters. The molecule has 0 aliphatic carbocycles. The van der Waals surface area contributed by atoms with E-state index in [4.69, 9.17) is 14.2 Å². The summed E-state index contributed by atoms with van der Waals surface area (Å²) in [7, 11) is 4.32. The minimum Gasteiger partial charge on any atom is -0.493 e. The highest BCUT2D eigenvalue weighted by atomic mass is 16.5. The lowest BCUT2D eigenvalue weighted by molar-refractivity contribution is -0.119. The minimum absolute atomic E-state index is 0.129. The molecule has 0 spiro atoms. The molecule has 0 saturated heterocycles. The number of carbonyl (C=O) groups excluding carboxylic acids is 2. The largest absolute Gasteiger partial charge is 0.493 e. The Morgan fingerprint density at radius 1 is 1.00 bits per heavy atom. The van der Waals surface area contributed by atoms with Crippen molar-refractivity contribution in [2.75, 3.05) is 38.6 Å². The molecule has 0 radical (unpaired) electrons. The summed E-state index contributed by atoms with van der Waals surface area (Å²) in [6.07, 6.45) is 0. The van der Waals surface area contributed by atoms with Crippen molar-refractivity contribution in [3.63, 3.8) is 0 Å². The summed E-state index contributed by atoms with van der Waals surface area (Å²) >= 11 is 0. The van der Waals surface area contributed by atoms with Gasteiger partial charge in [-0.3, -0.25) is 14.6 Å². The molecular weight excluding hydrogens is 350 g/mol. The number of anilines is 2. The lowest BCUT2D eigenvalue weighted by Gasteiger charge is -2.16. The van der Waals surface area contributed by atoms with Crippen LogP contribution in [0.4, 0.5) is 11.4 Å². The zero-order valence-corrected chi connectivity index (χ0v) is 16.0. The average Bonchev–Trinajstić information content (AvgIpc) is 2.63. The van der Waals surface area contributed by atoms with E-state index in [0.717, 1.165) is 5.69 Å². The minimum atomic E-state index is -0.381. The predicted octanol–water partition coefficient (Wildman–Crippen LogP) is 2.55. The molecule has 0 atom stereocenters. The lowest BCUT2D eigenvalue weighted by Crippen LogP contribution is -2.19. The number of carbonyl (C=O) groups is 2. The fourth-order valence-corrected chi connectivity index (χ4v) is 2.52. The Kier molecular flexibility index (Phi) is 6.73. The number of nitrogens with zero attached hydrogens (tertiary/aromatic N) is 1. The maximum atomic E-state index is 12.7. The van der Waals surface area contributed by atoms with E-state index in [2.05, 4.69) is 15.6 Å². The van der Waals surface area contributed by atoms with Gasteiger partial charge in [-0.15, -0.1) is 0 Å². The van der Waals surface area contributed by atoms with Crippen LogP contribution in [0.15, 0.2) is 24.3 Å². The fourth-order valence-electron chi connectivity index (χ4n) is 2.52. The Balaban J connectivity index is 2.37. The van der Waals surface area contributed by atoms with Crippen LogP contribution in [0.1, 0.15) is 21.7 Å². The summed E-state index contributed by atoms with van der Waals surface area (Å²) < 4.78 is 15.4. The van der Waals surface area contributed by atoms with Crippen LogP contribution in [0.25, 0.3) is 0 Å². The van der Waals surface area contributed by atoms with Gasteiger partial charge in [-0.1, -0.05) is 0 Å². The normalized spacial score (nSPS) is 10.3. The summed E-state index contributed by atoms with van der Waals surface area (Å²) in [4.78, 5) is 28.9. The first-order valence-corrected chi connectivity index (χ1v) is 8.20. The van der Waals surface area contributed by atoms with E-state index in [-0.39, 0.29) is 18.4 Å². The molecule has 144 valence electrons. The van der Waals surface area contributed by atoms with E-state index < -0.39 is 0 Å². The van der Waals surface area contributed by atoms with Crippen LogP contribution in [-0.2, 0) is 9.53 Å². The van der Waals surface area contributed by atoms with E-state index in [1.165, 1.54) is 33.5 Å². The van der Waals surface area contributed by atoms with Gasteiger partial charge >= 0.3 is 0 Å². The van der Waals surface area contributed by atoms with Crippen molar-refractivity contribution in [1.82, 2.24) is 4.98 Å². The molecule has 8 heteroatoms. The second kappa shape index (κ2) is 9.00. The highest BCUT2D eigenvalue weighted by Crippen LogP contribution is 2.37. The quantitative estimate of drug-likeness (QED) is 0.774. The molecule has 2 aromatic rings. The molecule has 2 rings (SSSR count). The monoisotopic (exact) mass is 373 g/mol. The van der Waals surface area contributed by atoms with Gasteiger partial charge in [0.15, 0.2) is 11.5 Å². The number of hydrogen-bond acceptors (Lipinski definition) is 6. The molecule has 0 aliphatic rings. The number of benzene rings is 1. The van der Waals surface area contributed by atoms with Gasteiger partial charge in [0.05, 0.1) is 31.3 Å². The molecule has 2 N–H and O–H groups in total. The van der Waals surface area contributed by atoms with E-state index in [9.17, 15) is 9.59 Å². The first-order valence-electron chi connectivity index (χ1n) is 8.20. The third kappa shape index (κ3) is 4.95. The van der Waals surface area contributed by atoms with Gasteiger partial charge in [-0.05, 0) is 38.1 Å². The Labute approximate surface area is 157 Å². The van der Waals surface area contributed by atoms with Gasteiger partial charge in [0.25, 0.3) is 5.91 Å². The number of amides is 2. The van der Waals surface area contributed by atoms with Gasteiger partial charge in [-0.25, -0.2) is 0 Å². The lowest BCUT2D eigenvalue weighted by atomic mass is 10.1. The molecule has 0 saturated carbocycles. The molecule has 1 heterocycles. The van der Waals surface area contributed by atoms with Crippen molar-refractivity contribution in [2.45, 2.75) is 13.8 Å².